The number of rotatable bonds is 5. The molecule has 0 aliphatic heterocycles. The Morgan fingerprint density at radius 2 is 1.58 bits per heavy atom. The molecule has 1 N–H and O–H groups in total. The molecule has 5 heteroatoms. The molecule has 0 unspecified atom stereocenters. The van der Waals surface area contributed by atoms with Gasteiger partial charge in [-0.15, -0.1) is 11.3 Å². The number of fused-ring (bicyclic) bond motifs is 1. The Morgan fingerprint density at radius 1 is 0.962 bits per heavy atom. The van der Waals surface area contributed by atoms with Crippen molar-refractivity contribution in [3.05, 3.63) is 16.0 Å². The Kier molecular flexibility index (Phi) is 9.16. The fourth-order valence-corrected chi connectivity index (χ4v) is 4.84. The smallest absolute Gasteiger partial charge is 0.341 e. The van der Waals surface area contributed by atoms with E-state index in [1.165, 1.54) is 43.4 Å². The Bertz CT molecular complexity index is 594. The molecule has 1 aromatic rings. The Morgan fingerprint density at radius 3 is 2.19 bits per heavy atom. The third-order valence-corrected chi connectivity index (χ3v) is 6.09. The largest absolute Gasteiger partial charge is 0.462 e. The summed E-state index contributed by atoms with van der Waals surface area (Å²) in [6, 6.07) is 0. The highest BCUT2D eigenvalue weighted by molar-refractivity contribution is 7.17. The zero-order valence-electron chi connectivity index (χ0n) is 16.3. The molecule has 1 heterocycles. The summed E-state index contributed by atoms with van der Waals surface area (Å²) in [5.41, 5.74) is 1.74. The van der Waals surface area contributed by atoms with Gasteiger partial charge in [0.1, 0.15) is 5.00 Å². The van der Waals surface area contributed by atoms with Crippen molar-refractivity contribution in [3.63, 3.8) is 0 Å². The second-order valence-corrected chi connectivity index (χ2v) is 8.16. The first-order valence-electron chi connectivity index (χ1n) is 10.3. The van der Waals surface area contributed by atoms with Gasteiger partial charge < -0.3 is 10.1 Å². The molecular formula is C21H33NO3S. The molecule has 0 saturated carbocycles. The van der Waals surface area contributed by atoms with E-state index in [-0.39, 0.29) is 11.9 Å². The molecule has 0 bridgehead atoms. The van der Waals surface area contributed by atoms with Gasteiger partial charge in [-0.2, -0.15) is 0 Å². The van der Waals surface area contributed by atoms with E-state index < -0.39 is 0 Å². The maximum absolute atomic E-state index is 12.6. The lowest BCUT2D eigenvalue weighted by Crippen LogP contribution is -2.14. The highest BCUT2D eigenvalue weighted by Gasteiger charge is 2.25. The van der Waals surface area contributed by atoms with Crippen molar-refractivity contribution in [1.29, 1.82) is 0 Å². The zero-order chi connectivity index (χ0) is 18.8. The number of ether oxygens (including phenoxy) is 1. The van der Waals surface area contributed by atoms with Crippen molar-refractivity contribution in [2.75, 3.05) is 11.9 Å². The second-order valence-electron chi connectivity index (χ2n) is 7.05. The van der Waals surface area contributed by atoms with Gasteiger partial charge >= 0.3 is 5.97 Å². The summed E-state index contributed by atoms with van der Waals surface area (Å²) in [6.45, 7) is 4.16. The number of thiophene rings is 1. The van der Waals surface area contributed by atoms with Gasteiger partial charge in [-0.25, -0.2) is 4.79 Å². The molecule has 0 fully saturated rings. The topological polar surface area (TPSA) is 55.4 Å². The first-order valence-corrected chi connectivity index (χ1v) is 11.1. The van der Waals surface area contributed by atoms with E-state index in [1.54, 1.807) is 11.3 Å². The summed E-state index contributed by atoms with van der Waals surface area (Å²) in [5, 5.41) is 3.68. The maximum Gasteiger partial charge on any atom is 0.341 e. The Hall–Kier alpha value is -1.36. The lowest BCUT2D eigenvalue weighted by molar-refractivity contribution is -0.116. The molecule has 0 saturated heterocycles. The molecular weight excluding hydrogens is 346 g/mol. The first kappa shape index (κ1) is 20.9. The number of esters is 1. The SMILES string of the molecule is CCCC(=O)Nc1sc2c(c1C(=O)OCC)CCCCCCCCCC2. The number of hydrogen-bond acceptors (Lipinski definition) is 4. The van der Waals surface area contributed by atoms with Crippen LogP contribution in [0.2, 0.25) is 0 Å². The maximum atomic E-state index is 12.6. The van der Waals surface area contributed by atoms with Crippen molar-refractivity contribution < 1.29 is 14.3 Å². The van der Waals surface area contributed by atoms with E-state index >= 15 is 0 Å². The summed E-state index contributed by atoms with van der Waals surface area (Å²) in [7, 11) is 0. The summed E-state index contributed by atoms with van der Waals surface area (Å²) in [6.07, 6.45) is 13.1. The number of anilines is 1. The number of nitrogens with one attached hydrogen (secondary N) is 1. The average molecular weight is 380 g/mol. The molecule has 1 amide bonds. The molecule has 0 radical (unpaired) electrons. The minimum absolute atomic E-state index is 0.0182. The number of carbonyl (C=O) groups excluding carboxylic acids is 2. The molecule has 0 spiro atoms. The van der Waals surface area contributed by atoms with Crippen LogP contribution in [0.25, 0.3) is 0 Å². The van der Waals surface area contributed by atoms with Gasteiger partial charge in [0.25, 0.3) is 0 Å². The van der Waals surface area contributed by atoms with Crippen LogP contribution in [-0.4, -0.2) is 18.5 Å². The predicted molar refractivity (Wildman–Crippen MR) is 108 cm³/mol. The lowest BCUT2D eigenvalue weighted by atomic mass is 9.97. The average Bonchev–Trinajstić information content (AvgIpc) is 2.92. The molecule has 1 aromatic heterocycles. The minimum Gasteiger partial charge on any atom is -0.462 e. The number of aryl methyl sites for hydroxylation is 1. The highest BCUT2D eigenvalue weighted by atomic mass is 32.1. The van der Waals surface area contributed by atoms with E-state index in [1.807, 2.05) is 13.8 Å². The van der Waals surface area contributed by atoms with Gasteiger partial charge in [0.05, 0.1) is 12.2 Å². The number of hydrogen-bond donors (Lipinski definition) is 1. The van der Waals surface area contributed by atoms with E-state index in [9.17, 15) is 9.59 Å². The van der Waals surface area contributed by atoms with E-state index in [2.05, 4.69) is 5.32 Å². The van der Waals surface area contributed by atoms with E-state index in [4.69, 9.17) is 4.74 Å². The van der Waals surface area contributed by atoms with Gasteiger partial charge in [-0.1, -0.05) is 45.4 Å². The summed E-state index contributed by atoms with van der Waals surface area (Å²) in [5.74, 6) is -0.306. The van der Waals surface area contributed by atoms with Crippen molar-refractivity contribution in [3.8, 4) is 0 Å². The monoisotopic (exact) mass is 379 g/mol. The summed E-state index contributed by atoms with van der Waals surface area (Å²) < 4.78 is 5.32. The van der Waals surface area contributed by atoms with Crippen LogP contribution in [0.15, 0.2) is 0 Å². The zero-order valence-corrected chi connectivity index (χ0v) is 17.1. The van der Waals surface area contributed by atoms with E-state index in [0.717, 1.165) is 37.7 Å². The summed E-state index contributed by atoms with van der Waals surface area (Å²) >= 11 is 1.59. The third-order valence-electron chi connectivity index (χ3n) is 4.88. The van der Waals surface area contributed by atoms with Crippen LogP contribution < -0.4 is 5.32 Å². The third kappa shape index (κ3) is 6.11. The van der Waals surface area contributed by atoms with Crippen LogP contribution in [0.3, 0.4) is 0 Å². The minimum atomic E-state index is -0.288. The number of carbonyl (C=O) groups is 2. The molecule has 0 atom stereocenters. The van der Waals surface area contributed by atoms with Crippen molar-refractivity contribution in [1.82, 2.24) is 0 Å². The molecule has 0 aromatic carbocycles. The molecule has 4 nitrogen and oxygen atoms in total. The molecule has 146 valence electrons. The van der Waals surface area contributed by atoms with Crippen LogP contribution in [0.4, 0.5) is 5.00 Å². The first-order chi connectivity index (χ1) is 12.7. The van der Waals surface area contributed by atoms with Crippen LogP contribution >= 0.6 is 11.3 Å². The standard InChI is InChI=1S/C21H33NO3S/c1-3-13-18(23)22-20-19(21(24)25-4-2)16-14-11-9-7-5-6-8-10-12-15-17(16)26-20/h3-15H2,1-2H3,(H,22,23). The fraction of sp³-hybridized carbons (Fsp3) is 0.714. The highest BCUT2D eigenvalue weighted by Crippen LogP contribution is 2.37. The van der Waals surface area contributed by atoms with Crippen LogP contribution in [-0.2, 0) is 22.4 Å². The van der Waals surface area contributed by atoms with Crippen molar-refractivity contribution in [2.45, 2.75) is 90.9 Å². The fourth-order valence-electron chi connectivity index (χ4n) is 3.55. The second kappa shape index (κ2) is 11.4. The normalized spacial score (nSPS) is 16.1. The van der Waals surface area contributed by atoms with Gasteiger partial charge in [0, 0.05) is 11.3 Å². The van der Waals surface area contributed by atoms with E-state index in [0.29, 0.717) is 23.6 Å². The predicted octanol–water partition coefficient (Wildman–Crippen LogP) is 5.88. The van der Waals surface area contributed by atoms with Crippen LogP contribution in [0.5, 0.6) is 0 Å². The quantitative estimate of drug-likeness (QED) is 0.650. The lowest BCUT2D eigenvalue weighted by Gasteiger charge is -2.10. The molecule has 2 rings (SSSR count). The van der Waals surface area contributed by atoms with Gasteiger partial charge in [0.2, 0.25) is 5.91 Å². The Balaban J connectivity index is 2.32. The molecule has 1 aliphatic carbocycles. The summed E-state index contributed by atoms with van der Waals surface area (Å²) in [4.78, 5) is 26.0. The molecule has 1 aliphatic rings. The van der Waals surface area contributed by atoms with Crippen molar-refractivity contribution in [2.24, 2.45) is 0 Å². The van der Waals surface area contributed by atoms with Crippen molar-refractivity contribution >= 4 is 28.2 Å². The van der Waals surface area contributed by atoms with Gasteiger partial charge in [0.15, 0.2) is 0 Å². The van der Waals surface area contributed by atoms with Crippen LogP contribution in [0, 0.1) is 0 Å². The Labute approximate surface area is 161 Å². The molecule has 26 heavy (non-hydrogen) atoms. The van der Waals surface area contributed by atoms with Gasteiger partial charge in [-0.05, 0) is 44.6 Å². The van der Waals surface area contributed by atoms with Crippen LogP contribution in [0.1, 0.15) is 98.9 Å². The number of amides is 1. The van der Waals surface area contributed by atoms with Gasteiger partial charge in [-0.3, -0.25) is 4.79 Å².